The van der Waals surface area contributed by atoms with E-state index in [1.807, 2.05) is 11.4 Å². The molecular formula is C15H19NOS. The van der Waals surface area contributed by atoms with Crippen LogP contribution < -0.4 is 10.5 Å². The standard InChI is InChI=1S/C15H19NOS/c1-3-5-11-6-4-7-12(8-11)15(16)14-9-13(17-2)10-18-14/h4,6-10,15H,3,5,16H2,1-2H3. The van der Waals surface area contributed by atoms with Crippen molar-refractivity contribution >= 4 is 11.3 Å². The van der Waals surface area contributed by atoms with Gasteiger partial charge in [0, 0.05) is 10.3 Å². The normalized spacial score (nSPS) is 12.4. The van der Waals surface area contributed by atoms with Crippen molar-refractivity contribution < 1.29 is 4.74 Å². The first-order valence-corrected chi connectivity index (χ1v) is 7.09. The summed E-state index contributed by atoms with van der Waals surface area (Å²) < 4.78 is 5.20. The van der Waals surface area contributed by atoms with Crippen LogP contribution in [0.15, 0.2) is 35.7 Å². The minimum Gasteiger partial charge on any atom is -0.496 e. The molecule has 0 bridgehead atoms. The van der Waals surface area contributed by atoms with Gasteiger partial charge in [0.2, 0.25) is 0 Å². The first kappa shape index (κ1) is 13.1. The lowest BCUT2D eigenvalue weighted by atomic mass is 10.0. The molecule has 0 aliphatic rings. The summed E-state index contributed by atoms with van der Waals surface area (Å²) in [6.07, 6.45) is 2.26. The van der Waals surface area contributed by atoms with E-state index in [1.165, 1.54) is 11.1 Å². The summed E-state index contributed by atoms with van der Waals surface area (Å²) in [5, 5.41) is 1.99. The maximum absolute atomic E-state index is 6.30. The van der Waals surface area contributed by atoms with Gasteiger partial charge in [-0.15, -0.1) is 11.3 Å². The van der Waals surface area contributed by atoms with Crippen LogP contribution >= 0.6 is 11.3 Å². The number of ether oxygens (including phenoxy) is 1. The monoisotopic (exact) mass is 261 g/mol. The summed E-state index contributed by atoms with van der Waals surface area (Å²) in [6.45, 7) is 2.19. The van der Waals surface area contributed by atoms with Crippen molar-refractivity contribution in [3.63, 3.8) is 0 Å². The molecule has 2 N–H and O–H groups in total. The molecule has 0 spiro atoms. The molecule has 18 heavy (non-hydrogen) atoms. The Morgan fingerprint density at radius 2 is 2.17 bits per heavy atom. The summed E-state index contributed by atoms with van der Waals surface area (Å²) in [5.74, 6) is 0.884. The Labute approximate surface area is 112 Å². The molecule has 2 rings (SSSR count). The summed E-state index contributed by atoms with van der Waals surface area (Å²) in [7, 11) is 1.68. The van der Waals surface area contributed by atoms with Crippen molar-refractivity contribution in [3.8, 4) is 5.75 Å². The molecule has 0 amide bonds. The number of methoxy groups -OCH3 is 1. The van der Waals surface area contributed by atoms with Gasteiger partial charge in [0.1, 0.15) is 5.75 Å². The van der Waals surface area contributed by atoms with Gasteiger partial charge >= 0.3 is 0 Å². The number of thiophene rings is 1. The van der Waals surface area contributed by atoms with Gasteiger partial charge < -0.3 is 10.5 Å². The van der Waals surface area contributed by atoms with E-state index in [0.717, 1.165) is 23.5 Å². The lowest BCUT2D eigenvalue weighted by Crippen LogP contribution is -2.10. The van der Waals surface area contributed by atoms with Crippen molar-refractivity contribution in [3.05, 3.63) is 51.7 Å². The van der Waals surface area contributed by atoms with E-state index in [9.17, 15) is 0 Å². The largest absolute Gasteiger partial charge is 0.496 e. The fourth-order valence-electron chi connectivity index (χ4n) is 2.00. The van der Waals surface area contributed by atoms with Crippen LogP contribution in [0.3, 0.4) is 0 Å². The van der Waals surface area contributed by atoms with Crippen LogP contribution in [0.5, 0.6) is 5.75 Å². The van der Waals surface area contributed by atoms with Gasteiger partial charge in [-0.2, -0.15) is 0 Å². The SMILES string of the molecule is CCCc1cccc(C(N)c2cc(OC)cs2)c1. The van der Waals surface area contributed by atoms with Gasteiger partial charge in [-0.05, 0) is 23.6 Å². The summed E-state index contributed by atoms with van der Waals surface area (Å²) in [5.41, 5.74) is 8.83. The van der Waals surface area contributed by atoms with Crippen molar-refractivity contribution in [2.75, 3.05) is 7.11 Å². The third kappa shape index (κ3) is 2.92. The Hall–Kier alpha value is -1.32. The molecule has 0 fully saturated rings. The highest BCUT2D eigenvalue weighted by Crippen LogP contribution is 2.29. The number of nitrogens with two attached hydrogens (primary N) is 1. The fraction of sp³-hybridized carbons (Fsp3) is 0.333. The van der Waals surface area contributed by atoms with Crippen molar-refractivity contribution in [1.82, 2.24) is 0 Å². The number of benzene rings is 1. The van der Waals surface area contributed by atoms with E-state index in [-0.39, 0.29) is 6.04 Å². The third-order valence-corrected chi connectivity index (χ3v) is 3.98. The predicted molar refractivity (Wildman–Crippen MR) is 77.3 cm³/mol. The molecule has 1 unspecified atom stereocenters. The molecular weight excluding hydrogens is 242 g/mol. The van der Waals surface area contributed by atoms with Gasteiger partial charge in [-0.3, -0.25) is 0 Å². The Balaban J connectivity index is 2.21. The number of hydrogen-bond acceptors (Lipinski definition) is 3. The minimum absolute atomic E-state index is 0.0595. The highest BCUT2D eigenvalue weighted by Gasteiger charge is 2.12. The second-order valence-electron chi connectivity index (χ2n) is 4.36. The highest BCUT2D eigenvalue weighted by atomic mass is 32.1. The molecule has 0 aliphatic heterocycles. The van der Waals surface area contributed by atoms with Gasteiger partial charge in [0.05, 0.1) is 13.2 Å². The van der Waals surface area contributed by atoms with E-state index in [0.29, 0.717) is 0 Å². The molecule has 0 saturated heterocycles. The molecule has 1 aromatic heterocycles. The van der Waals surface area contributed by atoms with Gasteiger partial charge in [-0.1, -0.05) is 37.6 Å². The van der Waals surface area contributed by atoms with Crippen LogP contribution in [0.1, 0.15) is 35.4 Å². The first-order chi connectivity index (χ1) is 8.74. The smallest absolute Gasteiger partial charge is 0.129 e. The van der Waals surface area contributed by atoms with Crippen LogP contribution in [0, 0.1) is 0 Å². The zero-order valence-electron chi connectivity index (χ0n) is 10.8. The topological polar surface area (TPSA) is 35.2 Å². The second-order valence-corrected chi connectivity index (χ2v) is 5.30. The van der Waals surface area contributed by atoms with Crippen LogP contribution in [0.25, 0.3) is 0 Å². The lowest BCUT2D eigenvalue weighted by Gasteiger charge is -2.11. The molecule has 1 atom stereocenters. The van der Waals surface area contributed by atoms with Crippen molar-refractivity contribution in [1.29, 1.82) is 0 Å². The molecule has 0 radical (unpaired) electrons. The maximum Gasteiger partial charge on any atom is 0.129 e. The fourth-order valence-corrected chi connectivity index (χ4v) is 2.88. The van der Waals surface area contributed by atoms with Crippen LogP contribution in [0.4, 0.5) is 0 Å². The quantitative estimate of drug-likeness (QED) is 0.889. The number of rotatable bonds is 5. The summed E-state index contributed by atoms with van der Waals surface area (Å²) in [6, 6.07) is 10.5. The molecule has 0 saturated carbocycles. The Kier molecular flexibility index (Phi) is 4.39. The summed E-state index contributed by atoms with van der Waals surface area (Å²) >= 11 is 1.65. The van der Waals surface area contributed by atoms with E-state index in [1.54, 1.807) is 18.4 Å². The van der Waals surface area contributed by atoms with E-state index in [2.05, 4.69) is 31.2 Å². The summed E-state index contributed by atoms with van der Waals surface area (Å²) in [4.78, 5) is 1.14. The second kappa shape index (κ2) is 6.03. The molecule has 2 aromatic rings. The average molecular weight is 261 g/mol. The molecule has 2 nitrogen and oxygen atoms in total. The predicted octanol–water partition coefficient (Wildman–Crippen LogP) is 3.76. The number of aryl methyl sites for hydroxylation is 1. The van der Waals surface area contributed by atoms with E-state index >= 15 is 0 Å². The van der Waals surface area contributed by atoms with Crippen LogP contribution in [0.2, 0.25) is 0 Å². The number of hydrogen-bond donors (Lipinski definition) is 1. The van der Waals surface area contributed by atoms with Crippen LogP contribution in [-0.2, 0) is 6.42 Å². The molecule has 0 aliphatic carbocycles. The Morgan fingerprint density at radius 3 is 2.83 bits per heavy atom. The molecule has 3 heteroatoms. The van der Waals surface area contributed by atoms with Gasteiger partial charge in [0.15, 0.2) is 0 Å². The van der Waals surface area contributed by atoms with Crippen molar-refractivity contribution in [2.45, 2.75) is 25.8 Å². The Morgan fingerprint density at radius 1 is 1.33 bits per heavy atom. The molecule has 1 heterocycles. The third-order valence-electron chi connectivity index (χ3n) is 2.99. The van der Waals surface area contributed by atoms with E-state index in [4.69, 9.17) is 10.5 Å². The first-order valence-electron chi connectivity index (χ1n) is 6.21. The lowest BCUT2D eigenvalue weighted by molar-refractivity contribution is 0.416. The maximum atomic E-state index is 6.30. The molecule has 1 aromatic carbocycles. The average Bonchev–Trinajstić information content (AvgIpc) is 2.87. The van der Waals surface area contributed by atoms with E-state index < -0.39 is 0 Å². The van der Waals surface area contributed by atoms with Gasteiger partial charge in [0.25, 0.3) is 0 Å². The highest BCUT2D eigenvalue weighted by molar-refractivity contribution is 7.10. The minimum atomic E-state index is -0.0595. The van der Waals surface area contributed by atoms with Crippen molar-refractivity contribution in [2.24, 2.45) is 5.73 Å². The van der Waals surface area contributed by atoms with Crippen LogP contribution in [-0.4, -0.2) is 7.11 Å². The Bertz CT molecular complexity index is 507. The zero-order chi connectivity index (χ0) is 13.0. The van der Waals surface area contributed by atoms with Gasteiger partial charge in [-0.25, -0.2) is 0 Å². The molecule has 96 valence electrons. The zero-order valence-corrected chi connectivity index (χ0v) is 11.7.